The summed E-state index contributed by atoms with van der Waals surface area (Å²) in [7, 11) is 0. The van der Waals surface area contributed by atoms with Crippen LogP contribution >= 0.6 is 22.9 Å². The maximum atomic E-state index is 5.98. The number of nitrogens with zero attached hydrogens (tertiary/aromatic N) is 1. The van der Waals surface area contributed by atoms with Gasteiger partial charge in [0.15, 0.2) is 5.13 Å². The van der Waals surface area contributed by atoms with Crippen LogP contribution in [0.5, 0.6) is 0 Å². The molecule has 4 heteroatoms. The summed E-state index contributed by atoms with van der Waals surface area (Å²) >= 11 is 7.62. The van der Waals surface area contributed by atoms with E-state index in [1.54, 1.807) is 11.3 Å². The summed E-state index contributed by atoms with van der Waals surface area (Å²) < 4.78 is 1.14. The van der Waals surface area contributed by atoms with Gasteiger partial charge in [-0.05, 0) is 43.2 Å². The van der Waals surface area contributed by atoms with Crippen LogP contribution in [0.2, 0.25) is 5.02 Å². The molecule has 0 fully saturated rings. The second-order valence-electron chi connectivity index (χ2n) is 4.52. The van der Waals surface area contributed by atoms with Crippen molar-refractivity contribution in [3.63, 3.8) is 0 Å². The van der Waals surface area contributed by atoms with Gasteiger partial charge in [-0.1, -0.05) is 41.1 Å². The van der Waals surface area contributed by atoms with E-state index in [9.17, 15) is 0 Å². The zero-order valence-electron chi connectivity index (χ0n) is 10.7. The zero-order valence-corrected chi connectivity index (χ0v) is 12.3. The smallest absolute Gasteiger partial charge is 0.188 e. The first-order chi connectivity index (χ1) is 9.13. The van der Waals surface area contributed by atoms with E-state index in [0.717, 1.165) is 26.1 Å². The Hall–Kier alpha value is -1.58. The van der Waals surface area contributed by atoms with E-state index in [1.807, 2.05) is 18.2 Å². The summed E-state index contributed by atoms with van der Waals surface area (Å²) in [4.78, 5) is 4.57. The van der Waals surface area contributed by atoms with Crippen molar-refractivity contribution in [2.24, 2.45) is 0 Å². The number of hydrogen-bond donors (Lipinski definition) is 1. The third kappa shape index (κ3) is 2.44. The van der Waals surface area contributed by atoms with Crippen molar-refractivity contribution in [3.05, 3.63) is 52.5 Å². The summed E-state index contributed by atoms with van der Waals surface area (Å²) in [5, 5.41) is 5.03. The van der Waals surface area contributed by atoms with Crippen LogP contribution in [0.4, 0.5) is 10.8 Å². The molecule has 0 aliphatic carbocycles. The number of aromatic nitrogens is 1. The molecule has 0 aliphatic rings. The molecule has 0 aliphatic heterocycles. The quantitative estimate of drug-likeness (QED) is 0.691. The number of benzene rings is 2. The predicted octanol–water partition coefficient (Wildman–Crippen LogP) is 5.31. The lowest BCUT2D eigenvalue weighted by atomic mass is 10.1. The number of thiazole rings is 1. The fourth-order valence-corrected chi connectivity index (χ4v) is 3.09. The van der Waals surface area contributed by atoms with Crippen molar-refractivity contribution in [2.75, 3.05) is 5.32 Å². The third-order valence-electron chi connectivity index (χ3n) is 3.06. The Bertz CT molecular complexity index is 729. The maximum Gasteiger partial charge on any atom is 0.188 e. The molecule has 2 nitrogen and oxygen atoms in total. The van der Waals surface area contributed by atoms with Crippen LogP contribution in [0.15, 0.2) is 36.4 Å². The van der Waals surface area contributed by atoms with Gasteiger partial charge < -0.3 is 5.32 Å². The topological polar surface area (TPSA) is 24.9 Å². The second-order valence-corrected chi connectivity index (χ2v) is 5.99. The fourth-order valence-electron chi connectivity index (χ4n) is 2.07. The van der Waals surface area contributed by atoms with Crippen molar-refractivity contribution < 1.29 is 0 Å². The summed E-state index contributed by atoms with van der Waals surface area (Å²) in [5.41, 5.74) is 4.51. The number of aryl methyl sites for hydroxylation is 2. The zero-order chi connectivity index (χ0) is 13.4. The molecule has 0 radical (unpaired) electrons. The molecule has 0 saturated carbocycles. The first-order valence-corrected chi connectivity index (χ1v) is 7.22. The molecule has 0 bridgehead atoms. The monoisotopic (exact) mass is 288 g/mol. The number of anilines is 2. The second kappa shape index (κ2) is 4.83. The highest BCUT2D eigenvalue weighted by atomic mass is 35.5. The highest BCUT2D eigenvalue weighted by molar-refractivity contribution is 7.22. The molecule has 3 aromatic rings. The van der Waals surface area contributed by atoms with Crippen LogP contribution < -0.4 is 5.32 Å². The minimum absolute atomic E-state index is 0.719. The molecule has 0 atom stereocenters. The molecular weight excluding hydrogens is 276 g/mol. The maximum absolute atomic E-state index is 5.98. The number of para-hydroxylation sites is 1. The van der Waals surface area contributed by atoms with Crippen molar-refractivity contribution in [2.45, 2.75) is 13.8 Å². The number of nitrogens with one attached hydrogen (secondary N) is 1. The van der Waals surface area contributed by atoms with E-state index >= 15 is 0 Å². The standard InChI is InChI=1S/C15H13ClN2S/c1-9-4-3-5-10(2)14(9)18-15-17-12-8-11(16)6-7-13(12)19-15/h3-8H,1-2H3,(H,17,18). The van der Waals surface area contributed by atoms with Crippen LogP contribution in [-0.2, 0) is 0 Å². The number of hydrogen-bond acceptors (Lipinski definition) is 3. The van der Waals surface area contributed by atoms with E-state index < -0.39 is 0 Å². The molecule has 2 aromatic carbocycles. The van der Waals surface area contributed by atoms with Crippen LogP contribution in [0.1, 0.15) is 11.1 Å². The summed E-state index contributed by atoms with van der Waals surface area (Å²) in [6.07, 6.45) is 0. The van der Waals surface area contributed by atoms with Gasteiger partial charge in [-0.2, -0.15) is 0 Å². The lowest BCUT2D eigenvalue weighted by Gasteiger charge is -2.09. The minimum Gasteiger partial charge on any atom is -0.331 e. The molecule has 19 heavy (non-hydrogen) atoms. The largest absolute Gasteiger partial charge is 0.331 e. The van der Waals surface area contributed by atoms with Gasteiger partial charge in [0.05, 0.1) is 10.2 Å². The number of halogens is 1. The predicted molar refractivity (Wildman–Crippen MR) is 83.8 cm³/mol. The van der Waals surface area contributed by atoms with Crippen LogP contribution in [-0.4, -0.2) is 4.98 Å². The van der Waals surface area contributed by atoms with Crippen molar-refractivity contribution in [3.8, 4) is 0 Å². The number of fused-ring (bicyclic) bond motifs is 1. The van der Waals surface area contributed by atoms with E-state index in [0.29, 0.717) is 0 Å². The first kappa shape index (κ1) is 12.5. The van der Waals surface area contributed by atoms with Crippen LogP contribution in [0.25, 0.3) is 10.2 Å². The van der Waals surface area contributed by atoms with Crippen molar-refractivity contribution >= 4 is 44.0 Å². The normalized spacial score (nSPS) is 10.9. The van der Waals surface area contributed by atoms with E-state index in [1.165, 1.54) is 11.1 Å². The van der Waals surface area contributed by atoms with Gasteiger partial charge in [0.25, 0.3) is 0 Å². The van der Waals surface area contributed by atoms with Crippen molar-refractivity contribution in [1.82, 2.24) is 4.98 Å². The van der Waals surface area contributed by atoms with Crippen LogP contribution in [0.3, 0.4) is 0 Å². The van der Waals surface area contributed by atoms with Gasteiger partial charge in [-0.25, -0.2) is 4.98 Å². The summed E-state index contributed by atoms with van der Waals surface area (Å²) in [6.45, 7) is 4.19. The van der Waals surface area contributed by atoms with E-state index in [-0.39, 0.29) is 0 Å². The third-order valence-corrected chi connectivity index (χ3v) is 4.25. The Morgan fingerprint density at radius 1 is 1.11 bits per heavy atom. The molecule has 0 amide bonds. The van der Waals surface area contributed by atoms with E-state index in [4.69, 9.17) is 11.6 Å². The Labute approximate surface area is 121 Å². The lowest BCUT2D eigenvalue weighted by molar-refractivity contribution is 1.34. The van der Waals surface area contributed by atoms with Crippen molar-refractivity contribution in [1.29, 1.82) is 0 Å². The highest BCUT2D eigenvalue weighted by Gasteiger charge is 2.07. The number of rotatable bonds is 2. The average molecular weight is 289 g/mol. The minimum atomic E-state index is 0.719. The van der Waals surface area contributed by atoms with E-state index in [2.05, 4.69) is 42.3 Å². The molecule has 96 valence electrons. The molecule has 1 aromatic heterocycles. The summed E-state index contributed by atoms with van der Waals surface area (Å²) in [6, 6.07) is 12.0. The van der Waals surface area contributed by atoms with Gasteiger partial charge in [0.2, 0.25) is 0 Å². The first-order valence-electron chi connectivity index (χ1n) is 6.03. The van der Waals surface area contributed by atoms with Gasteiger partial charge in [0.1, 0.15) is 0 Å². The SMILES string of the molecule is Cc1cccc(C)c1Nc1nc2cc(Cl)ccc2s1. The van der Waals surface area contributed by atoms with Gasteiger partial charge in [0, 0.05) is 10.7 Å². The Morgan fingerprint density at radius 2 is 1.84 bits per heavy atom. The Kier molecular flexibility index (Phi) is 3.17. The highest BCUT2D eigenvalue weighted by Crippen LogP contribution is 2.31. The van der Waals surface area contributed by atoms with Gasteiger partial charge >= 0.3 is 0 Å². The van der Waals surface area contributed by atoms with Gasteiger partial charge in [-0.15, -0.1) is 0 Å². The lowest BCUT2D eigenvalue weighted by Crippen LogP contribution is -1.95. The average Bonchev–Trinajstić information content (AvgIpc) is 2.75. The Morgan fingerprint density at radius 3 is 2.58 bits per heavy atom. The molecule has 0 unspecified atom stereocenters. The molecular formula is C15H13ClN2S. The fraction of sp³-hybridized carbons (Fsp3) is 0.133. The Balaban J connectivity index is 2.01. The molecule has 3 rings (SSSR count). The molecule has 1 N–H and O–H groups in total. The molecule has 0 saturated heterocycles. The molecule has 1 heterocycles. The van der Waals surface area contributed by atoms with Gasteiger partial charge in [-0.3, -0.25) is 0 Å². The summed E-state index contributed by atoms with van der Waals surface area (Å²) in [5.74, 6) is 0. The molecule has 0 spiro atoms. The van der Waals surface area contributed by atoms with Crippen LogP contribution in [0, 0.1) is 13.8 Å².